The van der Waals surface area contributed by atoms with Gasteiger partial charge in [-0.1, -0.05) is 30.4 Å². The van der Waals surface area contributed by atoms with Gasteiger partial charge in [0.1, 0.15) is 11.5 Å². The fourth-order valence-electron chi connectivity index (χ4n) is 3.96. The van der Waals surface area contributed by atoms with Crippen LogP contribution in [0.5, 0.6) is 11.5 Å². The van der Waals surface area contributed by atoms with Gasteiger partial charge in [0.15, 0.2) is 17.3 Å². The van der Waals surface area contributed by atoms with E-state index in [-0.39, 0.29) is 29.0 Å². The van der Waals surface area contributed by atoms with E-state index in [1.807, 2.05) is 36.5 Å². The van der Waals surface area contributed by atoms with Gasteiger partial charge in [-0.05, 0) is 36.8 Å². The molecule has 1 aromatic carbocycles. The van der Waals surface area contributed by atoms with Gasteiger partial charge in [-0.15, -0.1) is 0 Å². The van der Waals surface area contributed by atoms with Gasteiger partial charge in [-0.2, -0.15) is 0 Å². The first-order valence-corrected chi connectivity index (χ1v) is 9.77. The first kappa shape index (κ1) is 20.4. The molecule has 2 aliphatic carbocycles. The second-order valence-electron chi connectivity index (χ2n) is 7.29. The Labute approximate surface area is 179 Å². The Bertz CT molecular complexity index is 1150. The van der Waals surface area contributed by atoms with E-state index < -0.39 is 11.7 Å². The number of methoxy groups -OCH3 is 2. The smallest absolute Gasteiger partial charge is 0.271 e. The Morgan fingerprint density at radius 3 is 2.61 bits per heavy atom. The molecule has 7 nitrogen and oxygen atoms in total. The van der Waals surface area contributed by atoms with Crippen LogP contribution in [0.25, 0.3) is 5.76 Å². The molecule has 1 aliphatic heterocycles. The Hall–Kier alpha value is -3.87. The van der Waals surface area contributed by atoms with E-state index in [4.69, 9.17) is 9.47 Å². The number of carbonyl (C=O) groups excluding carboxylic acids is 2. The number of aliphatic hydroxyl groups is 1. The molecule has 0 saturated carbocycles. The summed E-state index contributed by atoms with van der Waals surface area (Å²) in [6.45, 7) is 1.29. The molecule has 4 rings (SSSR count). The molecule has 7 heteroatoms. The van der Waals surface area contributed by atoms with E-state index in [2.05, 4.69) is 10.3 Å². The van der Waals surface area contributed by atoms with E-state index in [1.165, 1.54) is 27.2 Å². The minimum Gasteiger partial charge on any atom is -0.506 e. The summed E-state index contributed by atoms with van der Waals surface area (Å²) in [4.78, 5) is 30.2. The molecule has 1 amide bonds. The lowest BCUT2D eigenvalue weighted by Gasteiger charge is -2.28. The lowest BCUT2D eigenvalue weighted by Crippen LogP contribution is -2.42. The van der Waals surface area contributed by atoms with Crippen LogP contribution in [0, 0.1) is 5.92 Å². The average molecular weight is 418 g/mol. The minimum atomic E-state index is -0.525. The van der Waals surface area contributed by atoms with Crippen molar-refractivity contribution >= 4 is 23.2 Å². The number of rotatable bonds is 5. The Morgan fingerprint density at radius 1 is 1.13 bits per heavy atom. The van der Waals surface area contributed by atoms with Gasteiger partial charge in [0.2, 0.25) is 0 Å². The molecule has 1 aromatic rings. The zero-order valence-corrected chi connectivity index (χ0v) is 17.4. The third-order valence-electron chi connectivity index (χ3n) is 5.44. The van der Waals surface area contributed by atoms with Gasteiger partial charge in [-0.25, -0.2) is 4.99 Å². The molecular formula is C24H22N2O5. The van der Waals surface area contributed by atoms with Crippen molar-refractivity contribution in [3.63, 3.8) is 0 Å². The number of allylic oxidation sites excluding steroid dienone is 5. The van der Waals surface area contributed by atoms with Gasteiger partial charge in [0.05, 0.1) is 37.4 Å². The van der Waals surface area contributed by atoms with Crippen LogP contribution in [0.4, 0.5) is 0 Å². The van der Waals surface area contributed by atoms with Crippen LogP contribution in [0.2, 0.25) is 0 Å². The molecule has 0 saturated heterocycles. The fraction of sp³-hybridized carbons (Fsp3) is 0.208. The summed E-state index contributed by atoms with van der Waals surface area (Å²) in [5, 5.41) is 14.0. The van der Waals surface area contributed by atoms with Crippen LogP contribution in [-0.2, 0) is 9.59 Å². The SMILES string of the molecule is COc1ccc(/C(O)=C(\C(C)=O)C2=NC3=CC=CC4=CC=CC(NC2=O)C43)cc1OC. The van der Waals surface area contributed by atoms with Crippen molar-refractivity contribution in [2.75, 3.05) is 14.2 Å². The number of aliphatic imine (C=N–C) groups is 1. The number of hydrogen-bond acceptors (Lipinski definition) is 6. The summed E-state index contributed by atoms with van der Waals surface area (Å²) in [5.74, 6) is -0.652. The molecule has 0 fully saturated rings. The standard InChI is InChI=1S/C24H22N2O5/c1-13(27)20(23(28)15-10-11-18(30-2)19(12-15)31-3)22-24(29)26-17-9-5-7-14-6-4-8-16(25-22)21(14)17/h4-12,17,21,28H,1-3H3,(H,26,29)/b23-20-. The summed E-state index contributed by atoms with van der Waals surface area (Å²) in [7, 11) is 2.97. The molecule has 0 radical (unpaired) electrons. The van der Waals surface area contributed by atoms with Gasteiger partial charge in [0, 0.05) is 5.56 Å². The van der Waals surface area contributed by atoms with E-state index in [9.17, 15) is 14.7 Å². The fourth-order valence-corrected chi connectivity index (χ4v) is 3.96. The van der Waals surface area contributed by atoms with Gasteiger partial charge < -0.3 is 19.9 Å². The van der Waals surface area contributed by atoms with E-state index in [0.29, 0.717) is 22.8 Å². The maximum Gasteiger partial charge on any atom is 0.271 e. The molecule has 2 N–H and O–H groups in total. The van der Waals surface area contributed by atoms with Crippen LogP contribution in [0.3, 0.4) is 0 Å². The maximum atomic E-state index is 13.1. The zero-order chi connectivity index (χ0) is 22.1. The summed E-state index contributed by atoms with van der Waals surface area (Å²) in [5.41, 5.74) is 1.69. The molecule has 0 spiro atoms. The van der Waals surface area contributed by atoms with Crippen molar-refractivity contribution in [3.8, 4) is 11.5 Å². The molecule has 3 aliphatic rings. The molecule has 158 valence electrons. The van der Waals surface area contributed by atoms with Crippen molar-refractivity contribution in [3.05, 3.63) is 77.1 Å². The predicted octanol–water partition coefficient (Wildman–Crippen LogP) is 3.07. The van der Waals surface area contributed by atoms with Crippen molar-refractivity contribution in [2.24, 2.45) is 10.9 Å². The summed E-state index contributed by atoms with van der Waals surface area (Å²) in [6.07, 6.45) is 11.4. The number of Topliss-reactive ketones (excluding diaryl/α,β-unsaturated/α-hetero) is 1. The number of aliphatic hydroxyl groups excluding tert-OH is 1. The van der Waals surface area contributed by atoms with Gasteiger partial charge in [-0.3, -0.25) is 9.59 Å². The van der Waals surface area contributed by atoms with Gasteiger partial charge >= 0.3 is 0 Å². The highest BCUT2D eigenvalue weighted by Crippen LogP contribution is 2.36. The number of ether oxygens (including phenoxy) is 2. The van der Waals surface area contributed by atoms with Crippen molar-refractivity contribution in [2.45, 2.75) is 13.0 Å². The zero-order valence-electron chi connectivity index (χ0n) is 17.4. The first-order chi connectivity index (χ1) is 14.9. The molecule has 2 atom stereocenters. The van der Waals surface area contributed by atoms with Crippen LogP contribution >= 0.6 is 0 Å². The van der Waals surface area contributed by atoms with Gasteiger partial charge in [0.25, 0.3) is 5.91 Å². The monoisotopic (exact) mass is 418 g/mol. The van der Waals surface area contributed by atoms with Crippen molar-refractivity contribution in [1.29, 1.82) is 0 Å². The Balaban J connectivity index is 1.86. The highest BCUT2D eigenvalue weighted by molar-refractivity contribution is 6.53. The number of nitrogens with one attached hydrogen (secondary N) is 1. The lowest BCUT2D eigenvalue weighted by molar-refractivity contribution is -0.116. The Morgan fingerprint density at radius 2 is 1.90 bits per heavy atom. The summed E-state index contributed by atoms with van der Waals surface area (Å²) < 4.78 is 10.5. The quantitative estimate of drug-likeness (QED) is 0.566. The van der Waals surface area contributed by atoms with E-state index >= 15 is 0 Å². The Kier molecular flexibility index (Phi) is 5.33. The topological polar surface area (TPSA) is 97.2 Å². The highest BCUT2D eigenvalue weighted by Gasteiger charge is 2.37. The number of nitrogens with zero attached hydrogens (tertiary/aromatic N) is 1. The normalized spacial score (nSPS) is 22.2. The van der Waals surface area contributed by atoms with E-state index in [0.717, 1.165) is 5.57 Å². The van der Waals surface area contributed by atoms with Crippen LogP contribution < -0.4 is 14.8 Å². The largest absolute Gasteiger partial charge is 0.506 e. The highest BCUT2D eigenvalue weighted by atomic mass is 16.5. The average Bonchev–Trinajstić information content (AvgIpc) is 2.91. The second kappa shape index (κ2) is 8.10. The molecule has 0 bridgehead atoms. The maximum absolute atomic E-state index is 13.1. The molecule has 1 heterocycles. The van der Waals surface area contributed by atoms with E-state index in [1.54, 1.807) is 12.1 Å². The van der Waals surface area contributed by atoms with Crippen LogP contribution in [0.15, 0.2) is 76.5 Å². The third kappa shape index (κ3) is 3.59. The first-order valence-electron chi connectivity index (χ1n) is 9.77. The minimum absolute atomic E-state index is 0.122. The molecular weight excluding hydrogens is 396 g/mol. The van der Waals surface area contributed by atoms with Crippen LogP contribution in [0.1, 0.15) is 12.5 Å². The summed E-state index contributed by atoms with van der Waals surface area (Å²) in [6, 6.07) is 4.45. The van der Waals surface area contributed by atoms with Crippen molar-refractivity contribution < 1.29 is 24.2 Å². The lowest BCUT2D eigenvalue weighted by atomic mass is 9.82. The molecule has 0 aromatic heterocycles. The molecule has 31 heavy (non-hydrogen) atoms. The predicted molar refractivity (Wildman–Crippen MR) is 117 cm³/mol. The number of carbonyl (C=O) groups is 2. The number of hydrogen-bond donors (Lipinski definition) is 2. The number of ketones is 1. The third-order valence-corrected chi connectivity index (χ3v) is 5.44. The number of benzene rings is 1. The van der Waals surface area contributed by atoms with Crippen LogP contribution in [-0.4, -0.2) is 42.8 Å². The summed E-state index contributed by atoms with van der Waals surface area (Å²) >= 11 is 0. The van der Waals surface area contributed by atoms with Crippen molar-refractivity contribution in [1.82, 2.24) is 5.32 Å². The number of amides is 1. The molecule has 2 unspecified atom stereocenters. The second-order valence-corrected chi connectivity index (χ2v) is 7.29.